The molecule has 0 saturated heterocycles. The molecule has 5 nitrogen and oxygen atoms in total. The molecular weight excluding hydrogens is 560 g/mol. The molecule has 0 bridgehead atoms. The standard InChI is InChI=1S/C31H29F6N3O2/c1-20-27(28(41)42-2)26(16-15-21-9-4-3-5-10-21)39-29(38-18-22-11-8-13-24(17-22)30(32,33)34)40(20)19-23-12-6-7-14-25(23)31(35,36)37/h3-14,17,26H,15-16,18-19H2,1-2H3,(H,38,39). The summed E-state index contributed by atoms with van der Waals surface area (Å²) in [5.74, 6) is -0.517. The molecule has 0 radical (unpaired) electrons. The Kier molecular flexibility index (Phi) is 9.28. The predicted octanol–water partition coefficient (Wildman–Crippen LogP) is 7.13. The third-order valence-corrected chi connectivity index (χ3v) is 6.99. The van der Waals surface area contributed by atoms with Crippen LogP contribution < -0.4 is 5.32 Å². The molecule has 222 valence electrons. The smallest absolute Gasteiger partial charge is 0.416 e. The van der Waals surface area contributed by atoms with Gasteiger partial charge in [0.25, 0.3) is 0 Å². The Morgan fingerprint density at radius 3 is 2.24 bits per heavy atom. The molecule has 11 heteroatoms. The fourth-order valence-corrected chi connectivity index (χ4v) is 4.88. The summed E-state index contributed by atoms with van der Waals surface area (Å²) in [6, 6.07) is 18.6. The number of nitrogens with one attached hydrogen (secondary N) is 1. The SMILES string of the molecule is COC(=O)C1=C(C)N(Cc2ccccc2C(F)(F)F)C(=NCc2cccc(C(F)(F)F)c2)NC1CCc1ccccc1. The van der Waals surface area contributed by atoms with E-state index in [0.717, 1.165) is 23.8 Å². The summed E-state index contributed by atoms with van der Waals surface area (Å²) in [5, 5.41) is 3.18. The van der Waals surface area contributed by atoms with Gasteiger partial charge >= 0.3 is 18.3 Å². The number of nitrogens with zero attached hydrogens (tertiary/aromatic N) is 2. The summed E-state index contributed by atoms with van der Waals surface area (Å²) in [5.41, 5.74) is 0.0822. The molecule has 0 saturated carbocycles. The van der Waals surface area contributed by atoms with Crippen LogP contribution in [0.2, 0.25) is 0 Å². The molecule has 1 unspecified atom stereocenters. The molecular formula is C31H29F6N3O2. The van der Waals surface area contributed by atoms with Crippen molar-refractivity contribution in [2.24, 2.45) is 4.99 Å². The summed E-state index contributed by atoms with van der Waals surface area (Å²) in [7, 11) is 1.22. The highest BCUT2D eigenvalue weighted by atomic mass is 19.4. The van der Waals surface area contributed by atoms with Gasteiger partial charge < -0.3 is 15.0 Å². The molecule has 3 aromatic rings. The number of halogens is 6. The molecule has 3 aromatic carbocycles. The van der Waals surface area contributed by atoms with Crippen LogP contribution in [0.4, 0.5) is 26.3 Å². The second-order valence-corrected chi connectivity index (χ2v) is 9.79. The molecule has 1 heterocycles. The van der Waals surface area contributed by atoms with Gasteiger partial charge in [0.05, 0.1) is 42.9 Å². The Bertz CT molecular complexity index is 1470. The summed E-state index contributed by atoms with van der Waals surface area (Å²) in [6.45, 7) is 1.11. The van der Waals surface area contributed by atoms with E-state index in [-0.39, 0.29) is 35.7 Å². The van der Waals surface area contributed by atoms with Crippen LogP contribution in [-0.4, -0.2) is 30.0 Å². The maximum atomic E-state index is 13.8. The second-order valence-electron chi connectivity index (χ2n) is 9.79. The van der Waals surface area contributed by atoms with Crippen LogP contribution in [-0.2, 0) is 41.4 Å². The van der Waals surface area contributed by atoms with E-state index < -0.39 is 35.5 Å². The highest BCUT2D eigenvalue weighted by molar-refractivity contribution is 5.95. The lowest BCUT2D eigenvalue weighted by atomic mass is 9.95. The summed E-state index contributed by atoms with van der Waals surface area (Å²) >= 11 is 0. The Morgan fingerprint density at radius 2 is 1.57 bits per heavy atom. The highest BCUT2D eigenvalue weighted by Gasteiger charge is 2.37. The number of hydrogen-bond acceptors (Lipinski definition) is 3. The third kappa shape index (κ3) is 7.32. The molecule has 4 rings (SSSR count). The van der Waals surface area contributed by atoms with E-state index in [9.17, 15) is 31.1 Å². The van der Waals surface area contributed by atoms with Gasteiger partial charge in [-0.25, -0.2) is 9.79 Å². The van der Waals surface area contributed by atoms with E-state index in [0.29, 0.717) is 18.5 Å². The minimum absolute atomic E-state index is 0.0649. The van der Waals surface area contributed by atoms with Crippen LogP contribution in [0.3, 0.4) is 0 Å². The van der Waals surface area contributed by atoms with Gasteiger partial charge in [0, 0.05) is 5.70 Å². The monoisotopic (exact) mass is 589 g/mol. The van der Waals surface area contributed by atoms with E-state index in [2.05, 4.69) is 10.3 Å². The Labute approximate surface area is 239 Å². The minimum Gasteiger partial charge on any atom is -0.466 e. The van der Waals surface area contributed by atoms with Crippen molar-refractivity contribution < 1.29 is 35.9 Å². The average molecular weight is 590 g/mol. The van der Waals surface area contributed by atoms with Crippen LogP contribution in [0.15, 0.2) is 95.1 Å². The maximum Gasteiger partial charge on any atom is 0.416 e. The first-order chi connectivity index (χ1) is 19.9. The van der Waals surface area contributed by atoms with Crippen molar-refractivity contribution >= 4 is 11.9 Å². The molecule has 0 fully saturated rings. The number of alkyl halides is 6. The van der Waals surface area contributed by atoms with E-state index >= 15 is 0 Å². The van der Waals surface area contributed by atoms with Crippen molar-refractivity contribution in [3.8, 4) is 0 Å². The van der Waals surface area contributed by atoms with Crippen LogP contribution in [0.5, 0.6) is 0 Å². The van der Waals surface area contributed by atoms with Crippen molar-refractivity contribution in [1.82, 2.24) is 10.2 Å². The first-order valence-electron chi connectivity index (χ1n) is 13.1. The number of guanidine groups is 1. The number of aryl methyl sites for hydroxylation is 1. The first-order valence-corrected chi connectivity index (χ1v) is 13.1. The van der Waals surface area contributed by atoms with Gasteiger partial charge in [0.2, 0.25) is 0 Å². The van der Waals surface area contributed by atoms with Gasteiger partial charge in [-0.05, 0) is 54.7 Å². The van der Waals surface area contributed by atoms with Crippen LogP contribution in [0, 0.1) is 0 Å². The maximum absolute atomic E-state index is 13.8. The predicted molar refractivity (Wildman–Crippen MR) is 146 cm³/mol. The minimum atomic E-state index is -4.63. The molecule has 0 spiro atoms. The van der Waals surface area contributed by atoms with Crippen molar-refractivity contribution in [2.45, 2.75) is 51.2 Å². The lowest BCUT2D eigenvalue weighted by Gasteiger charge is -2.38. The topological polar surface area (TPSA) is 53.9 Å². The quantitative estimate of drug-likeness (QED) is 0.224. The summed E-state index contributed by atoms with van der Waals surface area (Å²) < 4.78 is 86.4. The zero-order valence-electron chi connectivity index (χ0n) is 22.9. The molecule has 0 aromatic heterocycles. The number of hydrogen-bond donors (Lipinski definition) is 1. The van der Waals surface area contributed by atoms with E-state index in [1.165, 1.54) is 42.3 Å². The van der Waals surface area contributed by atoms with Crippen molar-refractivity contribution in [1.29, 1.82) is 0 Å². The van der Waals surface area contributed by atoms with Crippen molar-refractivity contribution in [3.05, 3.63) is 118 Å². The zero-order chi connectivity index (χ0) is 30.5. The normalized spacial score (nSPS) is 16.9. The van der Waals surface area contributed by atoms with Gasteiger partial charge in [-0.1, -0.05) is 60.7 Å². The molecule has 0 aliphatic carbocycles. The number of allylic oxidation sites excluding steroid dienone is 1. The summed E-state index contributed by atoms with van der Waals surface area (Å²) in [6.07, 6.45) is -8.20. The molecule has 1 atom stereocenters. The number of carbonyl (C=O) groups is 1. The van der Waals surface area contributed by atoms with Gasteiger partial charge in [0.1, 0.15) is 0 Å². The van der Waals surface area contributed by atoms with Crippen molar-refractivity contribution in [3.63, 3.8) is 0 Å². The fourth-order valence-electron chi connectivity index (χ4n) is 4.88. The van der Waals surface area contributed by atoms with Gasteiger partial charge in [-0.3, -0.25) is 0 Å². The lowest BCUT2D eigenvalue weighted by Crippen LogP contribution is -2.52. The molecule has 1 N–H and O–H groups in total. The highest BCUT2D eigenvalue weighted by Crippen LogP contribution is 2.34. The third-order valence-electron chi connectivity index (χ3n) is 6.99. The van der Waals surface area contributed by atoms with Crippen molar-refractivity contribution in [2.75, 3.05) is 7.11 Å². The fraction of sp³-hybridized carbons (Fsp3) is 0.290. The van der Waals surface area contributed by atoms with Gasteiger partial charge in [-0.2, -0.15) is 26.3 Å². The van der Waals surface area contributed by atoms with Crippen LogP contribution >= 0.6 is 0 Å². The Balaban J connectivity index is 1.76. The molecule has 1 aliphatic heterocycles. The van der Waals surface area contributed by atoms with Gasteiger partial charge in [0.15, 0.2) is 5.96 Å². The second kappa shape index (κ2) is 12.7. The van der Waals surface area contributed by atoms with E-state index in [4.69, 9.17) is 4.74 Å². The Hall–Kier alpha value is -4.28. The average Bonchev–Trinajstić information content (AvgIpc) is 2.96. The lowest BCUT2D eigenvalue weighted by molar-refractivity contribution is -0.139. The van der Waals surface area contributed by atoms with Crippen LogP contribution in [0.25, 0.3) is 0 Å². The number of ether oxygens (including phenoxy) is 1. The van der Waals surface area contributed by atoms with E-state index in [1.807, 2.05) is 30.3 Å². The first kappa shape index (κ1) is 30.7. The molecule has 1 aliphatic rings. The Morgan fingerprint density at radius 1 is 0.905 bits per heavy atom. The largest absolute Gasteiger partial charge is 0.466 e. The number of carbonyl (C=O) groups excluding carboxylic acids is 1. The zero-order valence-corrected chi connectivity index (χ0v) is 22.9. The van der Waals surface area contributed by atoms with Crippen LogP contribution in [0.1, 0.15) is 41.2 Å². The van der Waals surface area contributed by atoms with E-state index in [1.54, 1.807) is 6.92 Å². The number of benzene rings is 3. The summed E-state index contributed by atoms with van der Waals surface area (Å²) in [4.78, 5) is 18.9. The number of rotatable bonds is 8. The molecule has 0 amide bonds. The van der Waals surface area contributed by atoms with Gasteiger partial charge in [-0.15, -0.1) is 0 Å². The number of methoxy groups -OCH3 is 1. The number of aliphatic imine (C=N–C) groups is 1. The molecule has 42 heavy (non-hydrogen) atoms. The number of esters is 1.